The van der Waals surface area contributed by atoms with E-state index in [1.54, 1.807) is 11.7 Å². The number of halogens is 2. The van der Waals surface area contributed by atoms with Crippen LogP contribution >= 0.6 is 11.6 Å². The average molecular weight is 546 g/mol. The van der Waals surface area contributed by atoms with Gasteiger partial charge >= 0.3 is 0 Å². The van der Waals surface area contributed by atoms with Crippen LogP contribution in [0.1, 0.15) is 36.3 Å². The Labute approximate surface area is 226 Å². The molecule has 38 heavy (non-hydrogen) atoms. The Kier molecular flexibility index (Phi) is 9.01. The molecule has 0 atom stereocenters. The number of hydrogen-bond donors (Lipinski definition) is 2. The van der Waals surface area contributed by atoms with Gasteiger partial charge in [-0.25, -0.2) is 9.07 Å². The molecule has 204 valence electrons. The summed E-state index contributed by atoms with van der Waals surface area (Å²) in [5.41, 5.74) is 0.615. The molecule has 9 nitrogen and oxygen atoms in total. The number of nitrogens with one attached hydrogen (secondary N) is 2. The van der Waals surface area contributed by atoms with Crippen LogP contribution in [0.4, 0.5) is 10.1 Å². The van der Waals surface area contributed by atoms with Crippen LogP contribution in [-0.4, -0.2) is 53.8 Å². The van der Waals surface area contributed by atoms with Gasteiger partial charge in [-0.3, -0.25) is 19.1 Å². The molecule has 2 amide bonds. The number of anilines is 1. The van der Waals surface area contributed by atoms with E-state index in [4.69, 9.17) is 16.3 Å². The normalized spacial score (nSPS) is 11.5. The number of benzene rings is 2. The van der Waals surface area contributed by atoms with Crippen molar-refractivity contribution < 1.29 is 18.7 Å². The zero-order chi connectivity index (χ0) is 28.2. The van der Waals surface area contributed by atoms with Crippen molar-refractivity contribution in [3.8, 4) is 11.4 Å². The summed E-state index contributed by atoms with van der Waals surface area (Å²) in [5.74, 6) is -1.53. The van der Waals surface area contributed by atoms with Gasteiger partial charge in [0.15, 0.2) is 0 Å². The van der Waals surface area contributed by atoms with E-state index in [-0.39, 0.29) is 46.5 Å². The second kappa shape index (κ2) is 11.8. The van der Waals surface area contributed by atoms with Crippen molar-refractivity contribution in [2.24, 2.45) is 12.5 Å². The minimum Gasteiger partial charge on any atom is -0.496 e. The summed E-state index contributed by atoms with van der Waals surface area (Å²) in [7, 11) is 6.86. The van der Waals surface area contributed by atoms with Crippen LogP contribution in [0.25, 0.3) is 5.69 Å². The molecule has 0 saturated heterocycles. The zero-order valence-electron chi connectivity index (χ0n) is 22.4. The molecule has 2 N–H and O–H groups in total. The molecule has 0 spiro atoms. The van der Waals surface area contributed by atoms with Crippen molar-refractivity contribution in [3.05, 3.63) is 74.9 Å². The summed E-state index contributed by atoms with van der Waals surface area (Å²) in [4.78, 5) is 41.1. The molecule has 1 aromatic heterocycles. The van der Waals surface area contributed by atoms with E-state index in [2.05, 4.69) is 10.6 Å². The Morgan fingerprint density at radius 1 is 1.16 bits per heavy atom. The number of ether oxygens (including phenoxy) is 1. The Balaban J connectivity index is 1.77. The number of para-hydroxylation sites is 1. The van der Waals surface area contributed by atoms with Crippen LogP contribution < -0.4 is 20.9 Å². The Hall–Kier alpha value is -3.63. The van der Waals surface area contributed by atoms with Crippen molar-refractivity contribution in [3.63, 3.8) is 0 Å². The lowest BCUT2D eigenvalue weighted by Gasteiger charge is -2.24. The molecule has 1 heterocycles. The Morgan fingerprint density at radius 2 is 1.82 bits per heavy atom. The summed E-state index contributed by atoms with van der Waals surface area (Å²) < 4.78 is 22.1. The molecule has 0 fully saturated rings. The van der Waals surface area contributed by atoms with E-state index in [0.29, 0.717) is 17.9 Å². The predicted molar refractivity (Wildman–Crippen MR) is 146 cm³/mol. The fourth-order valence-corrected chi connectivity index (χ4v) is 4.25. The van der Waals surface area contributed by atoms with Crippen molar-refractivity contribution in [1.29, 1.82) is 0 Å². The van der Waals surface area contributed by atoms with E-state index in [1.165, 1.54) is 17.9 Å². The van der Waals surface area contributed by atoms with Gasteiger partial charge in [0, 0.05) is 32.6 Å². The maximum absolute atomic E-state index is 13.7. The first-order valence-corrected chi connectivity index (χ1v) is 12.3. The van der Waals surface area contributed by atoms with E-state index >= 15 is 0 Å². The zero-order valence-corrected chi connectivity index (χ0v) is 23.1. The molecular weight excluding hydrogens is 513 g/mol. The topological polar surface area (TPSA) is 97.6 Å². The van der Waals surface area contributed by atoms with Crippen molar-refractivity contribution in [2.45, 2.75) is 26.8 Å². The second-order valence-electron chi connectivity index (χ2n) is 10.1. The molecule has 11 heteroatoms. The standard InChI is InChI=1S/C27H33ClFN5O4/c1-27(2,16-30-25(36)18-12-19(28)20(29)13-22(18)38-6)14-23(35)31-24-21(15-32(3)4)33(5)34(26(24)37)17-10-8-7-9-11-17/h7-13H,14-16H2,1-6H3,(H,30,36)(H,31,35). The van der Waals surface area contributed by atoms with Crippen molar-refractivity contribution in [1.82, 2.24) is 19.6 Å². The average Bonchev–Trinajstić information content (AvgIpc) is 3.07. The van der Waals surface area contributed by atoms with Gasteiger partial charge in [0.1, 0.15) is 17.3 Å². The molecule has 0 aliphatic rings. The van der Waals surface area contributed by atoms with Gasteiger partial charge in [-0.1, -0.05) is 43.6 Å². The van der Waals surface area contributed by atoms with Crippen LogP contribution in [0.5, 0.6) is 5.75 Å². The van der Waals surface area contributed by atoms with Gasteiger partial charge in [0.2, 0.25) is 5.91 Å². The lowest BCUT2D eigenvalue weighted by molar-refractivity contribution is -0.118. The highest BCUT2D eigenvalue weighted by Crippen LogP contribution is 2.27. The first-order valence-electron chi connectivity index (χ1n) is 12.0. The fourth-order valence-electron chi connectivity index (χ4n) is 4.08. The van der Waals surface area contributed by atoms with Crippen LogP contribution in [0.2, 0.25) is 5.02 Å². The SMILES string of the molecule is COc1cc(F)c(Cl)cc1C(=O)NCC(C)(C)CC(=O)Nc1c(CN(C)C)n(C)n(-c2ccccc2)c1=O. The van der Waals surface area contributed by atoms with Crippen LogP contribution in [0, 0.1) is 11.2 Å². The molecule has 3 rings (SSSR count). The maximum atomic E-state index is 13.7. The lowest BCUT2D eigenvalue weighted by atomic mass is 9.88. The third-order valence-electron chi connectivity index (χ3n) is 5.97. The molecule has 0 aliphatic carbocycles. The summed E-state index contributed by atoms with van der Waals surface area (Å²) in [6.07, 6.45) is 0.0235. The van der Waals surface area contributed by atoms with Crippen molar-refractivity contribution in [2.75, 3.05) is 33.1 Å². The quantitative estimate of drug-likeness (QED) is 0.404. The predicted octanol–water partition coefficient (Wildman–Crippen LogP) is 3.82. The number of hydrogen-bond acceptors (Lipinski definition) is 5. The number of carbonyl (C=O) groups excluding carboxylic acids is 2. The first kappa shape index (κ1) is 28.9. The van der Waals surface area contributed by atoms with Gasteiger partial charge in [0.05, 0.1) is 29.1 Å². The van der Waals surface area contributed by atoms with E-state index in [1.807, 2.05) is 63.2 Å². The molecule has 2 aromatic carbocycles. The van der Waals surface area contributed by atoms with E-state index in [9.17, 15) is 18.8 Å². The highest BCUT2D eigenvalue weighted by molar-refractivity contribution is 6.31. The molecule has 0 bridgehead atoms. The minimum absolute atomic E-state index is 0.0235. The van der Waals surface area contributed by atoms with Crippen LogP contribution in [0.3, 0.4) is 0 Å². The maximum Gasteiger partial charge on any atom is 0.295 e. The molecule has 0 saturated carbocycles. The molecule has 3 aromatic rings. The highest BCUT2D eigenvalue weighted by atomic mass is 35.5. The summed E-state index contributed by atoms with van der Waals surface area (Å²) >= 11 is 5.84. The van der Waals surface area contributed by atoms with Gasteiger partial charge in [-0.2, -0.15) is 0 Å². The monoisotopic (exact) mass is 545 g/mol. The Bertz CT molecular complexity index is 1380. The highest BCUT2D eigenvalue weighted by Gasteiger charge is 2.27. The third kappa shape index (κ3) is 6.62. The van der Waals surface area contributed by atoms with Crippen molar-refractivity contribution >= 4 is 29.1 Å². The van der Waals surface area contributed by atoms with Gasteiger partial charge in [0.25, 0.3) is 11.5 Å². The lowest BCUT2D eigenvalue weighted by Crippen LogP contribution is -2.37. The fraction of sp³-hybridized carbons (Fsp3) is 0.370. The summed E-state index contributed by atoms with van der Waals surface area (Å²) in [6.45, 7) is 4.19. The molecule has 0 aliphatic heterocycles. The second-order valence-corrected chi connectivity index (χ2v) is 10.5. The van der Waals surface area contributed by atoms with Gasteiger partial charge in [-0.05, 0) is 37.7 Å². The number of aromatic nitrogens is 2. The Morgan fingerprint density at radius 3 is 2.42 bits per heavy atom. The van der Waals surface area contributed by atoms with E-state index < -0.39 is 17.1 Å². The number of rotatable bonds is 10. The summed E-state index contributed by atoms with van der Waals surface area (Å²) in [6, 6.07) is 11.4. The molecule has 0 unspecified atom stereocenters. The third-order valence-corrected chi connectivity index (χ3v) is 6.26. The minimum atomic E-state index is -0.696. The first-order chi connectivity index (χ1) is 17.8. The number of carbonyl (C=O) groups is 2. The molecular formula is C27H33ClFN5O4. The van der Waals surface area contributed by atoms with E-state index in [0.717, 1.165) is 6.07 Å². The molecule has 0 radical (unpaired) electrons. The van der Waals surface area contributed by atoms with Crippen LogP contribution in [0.15, 0.2) is 47.3 Å². The van der Waals surface area contributed by atoms with Gasteiger partial charge in [-0.15, -0.1) is 0 Å². The smallest absolute Gasteiger partial charge is 0.295 e. The summed E-state index contributed by atoms with van der Waals surface area (Å²) in [5, 5.41) is 5.37. The number of amides is 2. The largest absolute Gasteiger partial charge is 0.496 e. The van der Waals surface area contributed by atoms with Gasteiger partial charge < -0.3 is 20.3 Å². The van der Waals surface area contributed by atoms with Crippen LogP contribution in [-0.2, 0) is 18.4 Å². The number of nitrogens with zero attached hydrogens (tertiary/aromatic N) is 3. The number of methoxy groups -OCH3 is 1.